The van der Waals surface area contributed by atoms with Gasteiger partial charge < -0.3 is 9.47 Å². The van der Waals surface area contributed by atoms with Gasteiger partial charge in [-0.3, -0.25) is 0 Å². The molecule has 1 atom stereocenters. The molecule has 2 aromatic rings. The summed E-state index contributed by atoms with van der Waals surface area (Å²) in [5.41, 5.74) is 3.42. The molecule has 0 amide bonds. The van der Waals surface area contributed by atoms with E-state index in [1.807, 2.05) is 42.5 Å². The highest BCUT2D eigenvalue weighted by molar-refractivity contribution is 5.75. The van der Waals surface area contributed by atoms with Crippen LogP contribution in [0.4, 0.5) is 0 Å². The van der Waals surface area contributed by atoms with Gasteiger partial charge in [0, 0.05) is 6.61 Å². The first-order chi connectivity index (χ1) is 11.3. The third kappa shape index (κ3) is 3.58. The van der Waals surface area contributed by atoms with Gasteiger partial charge in [-0.05, 0) is 35.6 Å². The summed E-state index contributed by atoms with van der Waals surface area (Å²) >= 11 is 0. The molecule has 0 bridgehead atoms. The van der Waals surface area contributed by atoms with Crippen molar-refractivity contribution in [3.05, 3.63) is 59.7 Å². The van der Waals surface area contributed by atoms with E-state index >= 15 is 0 Å². The van der Waals surface area contributed by atoms with Gasteiger partial charge in [0.05, 0.1) is 11.6 Å². The molecular formula is C19H17NO3. The molecule has 116 valence electrons. The molecule has 0 N–H and O–H groups in total. The zero-order valence-corrected chi connectivity index (χ0v) is 12.7. The Morgan fingerprint density at radius 2 is 2.00 bits per heavy atom. The molecule has 2 aromatic carbocycles. The zero-order chi connectivity index (χ0) is 16.1. The molecule has 1 aliphatic rings. The van der Waals surface area contributed by atoms with Crippen LogP contribution in [0.1, 0.15) is 24.0 Å². The Morgan fingerprint density at radius 1 is 1.22 bits per heavy atom. The van der Waals surface area contributed by atoms with Crippen molar-refractivity contribution < 1.29 is 14.3 Å². The van der Waals surface area contributed by atoms with E-state index in [2.05, 4.69) is 6.07 Å². The maximum atomic E-state index is 11.8. The Morgan fingerprint density at radius 3 is 2.70 bits per heavy atom. The Labute approximate surface area is 135 Å². The van der Waals surface area contributed by atoms with Crippen molar-refractivity contribution in [1.82, 2.24) is 0 Å². The van der Waals surface area contributed by atoms with Crippen molar-refractivity contribution in [2.75, 3.05) is 6.61 Å². The summed E-state index contributed by atoms with van der Waals surface area (Å²) < 4.78 is 10.6. The zero-order valence-electron chi connectivity index (χ0n) is 12.7. The molecule has 23 heavy (non-hydrogen) atoms. The number of rotatable bonds is 4. The van der Waals surface area contributed by atoms with E-state index in [1.165, 1.54) is 0 Å². The molecule has 1 heterocycles. The summed E-state index contributed by atoms with van der Waals surface area (Å²) in [6, 6.07) is 17.4. The average Bonchev–Trinajstić information content (AvgIpc) is 3.15. The lowest BCUT2D eigenvalue weighted by molar-refractivity contribution is -0.155. The van der Waals surface area contributed by atoms with Crippen molar-refractivity contribution in [2.24, 2.45) is 0 Å². The fraction of sp³-hybridized carbons (Fsp3) is 0.263. The molecule has 1 unspecified atom stereocenters. The van der Waals surface area contributed by atoms with Gasteiger partial charge in [0.1, 0.15) is 6.61 Å². The monoisotopic (exact) mass is 307 g/mol. The second-order valence-electron chi connectivity index (χ2n) is 5.46. The Balaban J connectivity index is 1.65. The number of esters is 1. The Bertz CT molecular complexity index is 725. The van der Waals surface area contributed by atoms with Crippen molar-refractivity contribution in [3.8, 4) is 17.2 Å². The second-order valence-corrected chi connectivity index (χ2v) is 5.46. The summed E-state index contributed by atoms with van der Waals surface area (Å²) in [6.07, 6.45) is 1.24. The summed E-state index contributed by atoms with van der Waals surface area (Å²) in [5, 5.41) is 9.16. The number of nitrogens with zero attached hydrogens (tertiary/aromatic N) is 1. The smallest absolute Gasteiger partial charge is 0.335 e. The van der Waals surface area contributed by atoms with Gasteiger partial charge in [-0.2, -0.15) is 5.26 Å². The molecule has 0 saturated carbocycles. The lowest BCUT2D eigenvalue weighted by atomic mass is 9.99. The predicted octanol–water partition coefficient (Wildman–Crippen LogP) is 3.45. The van der Waals surface area contributed by atoms with Gasteiger partial charge in [-0.25, -0.2) is 4.79 Å². The third-order valence-corrected chi connectivity index (χ3v) is 3.89. The molecule has 0 radical (unpaired) electrons. The summed E-state index contributed by atoms with van der Waals surface area (Å²) in [7, 11) is 0. The lowest BCUT2D eigenvalue weighted by Gasteiger charge is -2.10. The molecule has 4 heteroatoms. The number of nitriles is 1. The van der Waals surface area contributed by atoms with Crippen LogP contribution in [0.15, 0.2) is 48.5 Å². The summed E-state index contributed by atoms with van der Waals surface area (Å²) in [5.74, 6) is -0.290. The van der Waals surface area contributed by atoms with E-state index in [0.29, 0.717) is 12.2 Å². The van der Waals surface area contributed by atoms with Gasteiger partial charge in [-0.15, -0.1) is 0 Å². The number of ether oxygens (including phenoxy) is 2. The predicted molar refractivity (Wildman–Crippen MR) is 85.4 cm³/mol. The first kappa shape index (κ1) is 15.3. The minimum atomic E-state index is -0.406. The first-order valence-electron chi connectivity index (χ1n) is 7.64. The number of hydrogen-bond acceptors (Lipinski definition) is 4. The SMILES string of the molecule is N#Cc1ccccc1-c1ccc(COC(=O)C2CCCO2)cc1. The van der Waals surface area contributed by atoms with Crippen LogP contribution in [0.25, 0.3) is 11.1 Å². The number of benzene rings is 2. The molecule has 0 spiro atoms. The van der Waals surface area contributed by atoms with E-state index < -0.39 is 6.10 Å². The Kier molecular flexibility index (Phi) is 4.70. The summed E-state index contributed by atoms with van der Waals surface area (Å²) in [6.45, 7) is 0.867. The number of carbonyl (C=O) groups is 1. The topological polar surface area (TPSA) is 59.3 Å². The van der Waals surface area contributed by atoms with Crippen molar-refractivity contribution in [3.63, 3.8) is 0 Å². The molecular weight excluding hydrogens is 290 g/mol. The van der Waals surface area contributed by atoms with Crippen LogP contribution in [-0.2, 0) is 20.9 Å². The van der Waals surface area contributed by atoms with Crippen LogP contribution < -0.4 is 0 Å². The number of hydrogen-bond donors (Lipinski definition) is 0. The molecule has 0 aliphatic carbocycles. The van der Waals surface area contributed by atoms with E-state index in [0.717, 1.165) is 29.5 Å². The fourth-order valence-electron chi connectivity index (χ4n) is 2.62. The normalized spacial score (nSPS) is 16.7. The van der Waals surface area contributed by atoms with Crippen LogP contribution >= 0.6 is 0 Å². The highest BCUT2D eigenvalue weighted by atomic mass is 16.6. The van der Waals surface area contributed by atoms with Gasteiger partial charge in [0.25, 0.3) is 0 Å². The second kappa shape index (κ2) is 7.08. The standard InChI is InChI=1S/C19H17NO3/c20-12-16-4-1-2-5-17(16)15-9-7-14(8-10-15)13-23-19(21)18-6-3-11-22-18/h1-2,4-5,7-10,18H,3,6,11,13H2. The van der Waals surface area contributed by atoms with Crippen LogP contribution in [-0.4, -0.2) is 18.7 Å². The summed E-state index contributed by atoms with van der Waals surface area (Å²) in [4.78, 5) is 11.8. The van der Waals surface area contributed by atoms with Crippen molar-refractivity contribution in [1.29, 1.82) is 5.26 Å². The van der Waals surface area contributed by atoms with Crippen LogP contribution in [0.2, 0.25) is 0 Å². The van der Waals surface area contributed by atoms with Crippen molar-refractivity contribution in [2.45, 2.75) is 25.6 Å². The highest BCUT2D eigenvalue weighted by Crippen LogP contribution is 2.23. The molecule has 1 aliphatic heterocycles. The maximum absolute atomic E-state index is 11.8. The van der Waals surface area contributed by atoms with Crippen LogP contribution in [0.5, 0.6) is 0 Å². The molecule has 0 aromatic heterocycles. The molecule has 1 saturated heterocycles. The fourth-order valence-corrected chi connectivity index (χ4v) is 2.62. The van der Waals surface area contributed by atoms with Crippen molar-refractivity contribution >= 4 is 5.97 Å². The third-order valence-electron chi connectivity index (χ3n) is 3.89. The molecule has 3 rings (SSSR count). The van der Waals surface area contributed by atoms with Gasteiger partial charge in [0.15, 0.2) is 6.10 Å². The Hall–Kier alpha value is -2.64. The largest absolute Gasteiger partial charge is 0.459 e. The average molecular weight is 307 g/mol. The van der Waals surface area contributed by atoms with Gasteiger partial charge in [-0.1, -0.05) is 42.5 Å². The van der Waals surface area contributed by atoms with Crippen LogP contribution in [0, 0.1) is 11.3 Å². The number of carbonyl (C=O) groups excluding carboxylic acids is 1. The van der Waals surface area contributed by atoms with E-state index in [9.17, 15) is 4.79 Å². The van der Waals surface area contributed by atoms with E-state index in [-0.39, 0.29) is 12.6 Å². The van der Waals surface area contributed by atoms with E-state index in [4.69, 9.17) is 14.7 Å². The highest BCUT2D eigenvalue weighted by Gasteiger charge is 2.24. The molecule has 4 nitrogen and oxygen atoms in total. The molecule has 1 fully saturated rings. The van der Waals surface area contributed by atoms with E-state index in [1.54, 1.807) is 6.07 Å². The minimum Gasteiger partial charge on any atom is -0.459 e. The minimum absolute atomic E-state index is 0.235. The van der Waals surface area contributed by atoms with Crippen LogP contribution in [0.3, 0.4) is 0 Å². The van der Waals surface area contributed by atoms with Gasteiger partial charge >= 0.3 is 5.97 Å². The quantitative estimate of drug-likeness (QED) is 0.812. The lowest BCUT2D eigenvalue weighted by Crippen LogP contribution is -2.21. The van der Waals surface area contributed by atoms with Gasteiger partial charge in [0.2, 0.25) is 0 Å². The first-order valence-corrected chi connectivity index (χ1v) is 7.64. The maximum Gasteiger partial charge on any atom is 0.335 e.